The third-order valence-electron chi connectivity index (χ3n) is 4.35. The molecule has 5 nitrogen and oxygen atoms in total. The van der Waals surface area contributed by atoms with Gasteiger partial charge in [0, 0.05) is 10.1 Å². The van der Waals surface area contributed by atoms with Crippen LogP contribution in [-0.2, 0) is 4.74 Å². The van der Waals surface area contributed by atoms with Gasteiger partial charge >= 0.3 is 11.9 Å². The highest BCUT2D eigenvalue weighted by Crippen LogP contribution is 2.35. The van der Waals surface area contributed by atoms with E-state index in [4.69, 9.17) is 25.8 Å². The van der Waals surface area contributed by atoms with E-state index in [1.807, 2.05) is 54.6 Å². The molecule has 4 rings (SSSR count). The van der Waals surface area contributed by atoms with E-state index in [1.54, 1.807) is 0 Å². The fourth-order valence-corrected chi connectivity index (χ4v) is 4.24. The average Bonchev–Trinajstić information content (AvgIpc) is 3.14. The maximum absolute atomic E-state index is 12.5. The van der Waals surface area contributed by atoms with Crippen molar-refractivity contribution < 1.29 is 23.8 Å². The normalized spacial score (nSPS) is 10.6. The molecule has 4 aromatic rings. The van der Waals surface area contributed by atoms with Gasteiger partial charge in [0.1, 0.15) is 29.6 Å². The first-order valence-corrected chi connectivity index (χ1v) is 10.7. The zero-order chi connectivity index (χ0) is 21.6. The zero-order valence-electron chi connectivity index (χ0n) is 16.2. The molecular formula is C24H17ClO5S. The van der Waals surface area contributed by atoms with E-state index in [-0.39, 0.29) is 13.2 Å². The number of fused-ring (bicyclic) bond motifs is 1. The van der Waals surface area contributed by atoms with Crippen molar-refractivity contribution >= 4 is 45.0 Å². The number of para-hydroxylation sites is 1. The summed E-state index contributed by atoms with van der Waals surface area (Å²) in [7, 11) is 0. The van der Waals surface area contributed by atoms with Crippen LogP contribution < -0.4 is 9.47 Å². The molecule has 0 N–H and O–H groups in total. The zero-order valence-corrected chi connectivity index (χ0v) is 17.8. The number of benzene rings is 3. The second-order valence-corrected chi connectivity index (χ2v) is 7.88. The van der Waals surface area contributed by atoms with Crippen LogP contribution in [0.5, 0.6) is 11.5 Å². The minimum Gasteiger partial charge on any atom is -0.490 e. The Morgan fingerprint density at radius 3 is 2.23 bits per heavy atom. The summed E-state index contributed by atoms with van der Waals surface area (Å²) >= 11 is 7.60. The predicted molar refractivity (Wildman–Crippen MR) is 120 cm³/mol. The van der Waals surface area contributed by atoms with Crippen molar-refractivity contribution in [2.75, 3.05) is 13.2 Å². The highest BCUT2D eigenvalue weighted by atomic mass is 35.5. The van der Waals surface area contributed by atoms with Crippen molar-refractivity contribution in [1.29, 1.82) is 0 Å². The summed E-state index contributed by atoms with van der Waals surface area (Å²) in [6.07, 6.45) is 0. The molecule has 156 valence electrons. The minimum absolute atomic E-state index is 0.120. The molecule has 0 unspecified atom stereocenters. The summed E-state index contributed by atoms with van der Waals surface area (Å²) in [6.45, 7) is 0.371. The Morgan fingerprint density at radius 1 is 0.774 bits per heavy atom. The van der Waals surface area contributed by atoms with Crippen molar-refractivity contribution in [1.82, 2.24) is 0 Å². The first-order valence-electron chi connectivity index (χ1n) is 9.46. The van der Waals surface area contributed by atoms with Gasteiger partial charge in [-0.05, 0) is 42.5 Å². The van der Waals surface area contributed by atoms with Gasteiger partial charge in [0.15, 0.2) is 0 Å². The van der Waals surface area contributed by atoms with Gasteiger partial charge in [-0.1, -0.05) is 48.0 Å². The highest BCUT2D eigenvalue weighted by Gasteiger charge is 2.19. The molecular weight excluding hydrogens is 436 g/mol. The predicted octanol–water partition coefficient (Wildman–Crippen LogP) is 6.01. The first-order chi connectivity index (χ1) is 15.1. The number of carbonyl (C=O) groups is 2. The van der Waals surface area contributed by atoms with Gasteiger partial charge in [-0.25, -0.2) is 9.59 Å². The number of ether oxygens (including phenoxy) is 3. The quantitative estimate of drug-likeness (QED) is 0.195. The Hall–Kier alpha value is -3.35. The molecule has 0 fully saturated rings. The molecule has 0 saturated heterocycles. The fraction of sp³-hybridized carbons (Fsp3) is 0.0833. The number of rotatable bonds is 7. The van der Waals surface area contributed by atoms with Crippen LogP contribution in [-0.4, -0.2) is 25.2 Å². The topological polar surface area (TPSA) is 61.8 Å². The Balaban J connectivity index is 1.31. The largest absolute Gasteiger partial charge is 0.490 e. The van der Waals surface area contributed by atoms with Gasteiger partial charge in [0.25, 0.3) is 0 Å². The molecule has 0 aliphatic heterocycles. The lowest BCUT2D eigenvalue weighted by molar-refractivity contribution is 0.0450. The third kappa shape index (κ3) is 5.05. The number of esters is 2. The smallest absolute Gasteiger partial charge is 0.355 e. The fourth-order valence-electron chi connectivity index (χ4n) is 2.85. The molecule has 31 heavy (non-hydrogen) atoms. The molecule has 0 amide bonds. The van der Waals surface area contributed by atoms with Crippen molar-refractivity contribution in [3.05, 3.63) is 94.3 Å². The van der Waals surface area contributed by atoms with Crippen molar-refractivity contribution in [2.45, 2.75) is 0 Å². The van der Waals surface area contributed by atoms with Crippen LogP contribution >= 0.6 is 22.9 Å². The molecule has 0 aliphatic carbocycles. The molecule has 0 aliphatic rings. The summed E-state index contributed by atoms with van der Waals surface area (Å²) in [5.41, 5.74) is 0.347. The van der Waals surface area contributed by atoms with Gasteiger partial charge in [-0.2, -0.15) is 0 Å². The first kappa shape index (κ1) is 20.9. The lowest BCUT2D eigenvalue weighted by atomic mass is 10.2. The standard InChI is InChI=1S/C24H17ClO5S/c25-21-19-8-4-5-9-20(19)31-22(21)24(27)30-18-12-10-16(11-13-18)23(26)29-15-14-28-17-6-2-1-3-7-17/h1-13H,14-15H2. The number of carbonyl (C=O) groups excluding carboxylic acids is 2. The Bertz CT molecular complexity index is 1200. The Morgan fingerprint density at radius 2 is 1.48 bits per heavy atom. The van der Waals surface area contributed by atoms with E-state index < -0.39 is 11.9 Å². The van der Waals surface area contributed by atoms with Crippen molar-refractivity contribution in [3.8, 4) is 11.5 Å². The number of thiophene rings is 1. The van der Waals surface area contributed by atoms with E-state index in [0.717, 1.165) is 10.1 Å². The second kappa shape index (κ2) is 9.64. The van der Waals surface area contributed by atoms with Crippen molar-refractivity contribution in [2.24, 2.45) is 0 Å². The van der Waals surface area contributed by atoms with Gasteiger partial charge in [0.05, 0.1) is 10.6 Å². The summed E-state index contributed by atoms with van der Waals surface area (Å²) in [5.74, 6) is -0.00684. The van der Waals surface area contributed by atoms with E-state index in [9.17, 15) is 9.59 Å². The van der Waals surface area contributed by atoms with Crippen LogP contribution in [0.3, 0.4) is 0 Å². The maximum atomic E-state index is 12.5. The van der Waals surface area contributed by atoms with E-state index in [0.29, 0.717) is 27.0 Å². The molecule has 1 heterocycles. The highest BCUT2D eigenvalue weighted by molar-refractivity contribution is 7.21. The van der Waals surface area contributed by atoms with Crippen LogP contribution in [0.2, 0.25) is 5.02 Å². The van der Waals surface area contributed by atoms with E-state index in [1.165, 1.54) is 35.6 Å². The lowest BCUT2D eigenvalue weighted by Crippen LogP contribution is -2.12. The molecule has 7 heteroatoms. The van der Waals surface area contributed by atoms with Gasteiger partial charge in [-0.3, -0.25) is 0 Å². The minimum atomic E-state index is -0.542. The number of halogens is 1. The number of hydrogen-bond acceptors (Lipinski definition) is 6. The van der Waals surface area contributed by atoms with Crippen LogP contribution in [0.4, 0.5) is 0 Å². The Kier molecular flexibility index (Phi) is 6.50. The molecule has 0 saturated carbocycles. The SMILES string of the molecule is O=C(OCCOc1ccccc1)c1ccc(OC(=O)c2sc3ccccc3c2Cl)cc1. The van der Waals surface area contributed by atoms with Gasteiger partial charge in [0.2, 0.25) is 0 Å². The average molecular weight is 453 g/mol. The second-order valence-electron chi connectivity index (χ2n) is 6.45. The lowest BCUT2D eigenvalue weighted by Gasteiger charge is -2.08. The van der Waals surface area contributed by atoms with Crippen LogP contribution in [0.1, 0.15) is 20.0 Å². The van der Waals surface area contributed by atoms with Crippen LogP contribution in [0.15, 0.2) is 78.9 Å². The van der Waals surface area contributed by atoms with E-state index in [2.05, 4.69) is 0 Å². The number of hydrogen-bond donors (Lipinski definition) is 0. The van der Waals surface area contributed by atoms with Gasteiger partial charge in [-0.15, -0.1) is 11.3 Å². The van der Waals surface area contributed by atoms with Crippen molar-refractivity contribution in [3.63, 3.8) is 0 Å². The van der Waals surface area contributed by atoms with E-state index >= 15 is 0 Å². The van der Waals surface area contributed by atoms with Crippen LogP contribution in [0, 0.1) is 0 Å². The van der Waals surface area contributed by atoms with Crippen LogP contribution in [0.25, 0.3) is 10.1 Å². The summed E-state index contributed by atoms with van der Waals surface area (Å²) < 4.78 is 17.0. The summed E-state index contributed by atoms with van der Waals surface area (Å²) in [4.78, 5) is 25.0. The molecule has 0 radical (unpaired) electrons. The molecule has 1 aromatic heterocycles. The summed E-state index contributed by atoms with van der Waals surface area (Å²) in [5, 5.41) is 1.19. The molecule has 0 spiro atoms. The maximum Gasteiger partial charge on any atom is 0.355 e. The van der Waals surface area contributed by atoms with Gasteiger partial charge < -0.3 is 14.2 Å². The summed E-state index contributed by atoms with van der Waals surface area (Å²) in [6, 6.07) is 22.9. The monoisotopic (exact) mass is 452 g/mol. The molecule has 0 bridgehead atoms. The molecule has 3 aromatic carbocycles. The third-order valence-corrected chi connectivity index (χ3v) is 6.00. The Labute approximate surface area is 187 Å². The molecule has 0 atom stereocenters.